The molecule has 0 unspecified atom stereocenters. The smallest absolute Gasteiger partial charge is 0.273 e. The number of piperazine rings is 1. The molecule has 1 aliphatic rings. The largest absolute Gasteiger partial charge is 0.349 e. The molecule has 5 rings (SSSR count). The van der Waals surface area contributed by atoms with Crippen LogP contribution in [0.3, 0.4) is 0 Å². The molecule has 0 radical (unpaired) electrons. The number of carbonyl (C=O) groups is 2. The zero-order valence-corrected chi connectivity index (χ0v) is 22.9. The van der Waals surface area contributed by atoms with E-state index in [1.54, 1.807) is 32.6 Å². The van der Waals surface area contributed by atoms with Gasteiger partial charge in [0.1, 0.15) is 11.4 Å². The van der Waals surface area contributed by atoms with Crippen LogP contribution in [-0.4, -0.2) is 80.8 Å². The molecule has 1 saturated heterocycles. The van der Waals surface area contributed by atoms with Gasteiger partial charge in [-0.1, -0.05) is 17.4 Å². The number of nitrogens with one attached hydrogen (secondary N) is 1. The summed E-state index contributed by atoms with van der Waals surface area (Å²) in [5, 5.41) is 6.01. The van der Waals surface area contributed by atoms with E-state index in [0.717, 1.165) is 34.6 Å². The van der Waals surface area contributed by atoms with Gasteiger partial charge in [-0.05, 0) is 26.0 Å². The standard InChI is InChI=1S/C25H27FN8O2S2/c1-4-32(5-2)25-29-18-7-6-16(12-20(18)38-25)21-17(26)13-27-23(30-21)31-24-28-19(14-37-24)22(36)34-10-8-33(9-11-34)15(3)35/h6-7,12-14H,4-5,8-11H2,1-3H3,(H,27,28,30,31). The maximum absolute atomic E-state index is 14.8. The maximum Gasteiger partial charge on any atom is 0.273 e. The number of anilines is 3. The Morgan fingerprint density at radius 3 is 2.53 bits per heavy atom. The molecule has 1 aliphatic heterocycles. The molecule has 4 aromatic rings. The van der Waals surface area contributed by atoms with Crippen molar-refractivity contribution in [2.45, 2.75) is 20.8 Å². The van der Waals surface area contributed by atoms with Gasteiger partial charge in [-0.25, -0.2) is 24.3 Å². The number of aromatic nitrogens is 4. The highest BCUT2D eigenvalue weighted by Gasteiger charge is 2.25. The molecule has 10 nitrogen and oxygen atoms in total. The van der Waals surface area contributed by atoms with E-state index in [1.165, 1.54) is 18.3 Å². The number of hydrogen-bond acceptors (Lipinski definition) is 10. The number of thiazole rings is 2. The van der Waals surface area contributed by atoms with E-state index in [9.17, 15) is 14.0 Å². The molecule has 0 bridgehead atoms. The van der Waals surface area contributed by atoms with Crippen molar-refractivity contribution in [2.24, 2.45) is 0 Å². The first kappa shape index (κ1) is 25.9. The summed E-state index contributed by atoms with van der Waals surface area (Å²) in [5.74, 6) is -0.548. The number of amides is 2. The molecule has 3 aromatic heterocycles. The van der Waals surface area contributed by atoms with E-state index in [0.29, 0.717) is 42.6 Å². The lowest BCUT2D eigenvalue weighted by molar-refractivity contribution is -0.130. The van der Waals surface area contributed by atoms with Gasteiger partial charge in [0.15, 0.2) is 16.1 Å². The average Bonchev–Trinajstić information content (AvgIpc) is 3.57. The fourth-order valence-electron chi connectivity index (χ4n) is 4.23. The zero-order chi connectivity index (χ0) is 26.8. The summed E-state index contributed by atoms with van der Waals surface area (Å²) < 4.78 is 15.7. The van der Waals surface area contributed by atoms with Gasteiger partial charge < -0.3 is 20.0 Å². The molecule has 13 heteroatoms. The fourth-order valence-corrected chi connectivity index (χ4v) is 6.04. The van der Waals surface area contributed by atoms with Gasteiger partial charge in [0.05, 0.1) is 16.4 Å². The summed E-state index contributed by atoms with van der Waals surface area (Å²) in [5.41, 5.74) is 1.94. The Balaban J connectivity index is 1.32. The minimum Gasteiger partial charge on any atom is -0.349 e. The van der Waals surface area contributed by atoms with Crippen LogP contribution in [0.2, 0.25) is 0 Å². The predicted molar refractivity (Wildman–Crippen MR) is 148 cm³/mol. The second-order valence-corrected chi connectivity index (χ2v) is 10.6. The number of rotatable bonds is 7. The molecule has 4 heterocycles. The van der Waals surface area contributed by atoms with E-state index in [2.05, 4.69) is 39.0 Å². The highest BCUT2D eigenvalue weighted by atomic mass is 32.1. The monoisotopic (exact) mass is 554 g/mol. The molecule has 0 spiro atoms. The number of benzene rings is 1. The zero-order valence-electron chi connectivity index (χ0n) is 21.3. The van der Waals surface area contributed by atoms with Crippen LogP contribution in [0, 0.1) is 5.82 Å². The van der Waals surface area contributed by atoms with Crippen LogP contribution in [0.5, 0.6) is 0 Å². The lowest BCUT2D eigenvalue weighted by Gasteiger charge is -2.33. The number of hydrogen-bond donors (Lipinski definition) is 1. The van der Waals surface area contributed by atoms with Crippen molar-refractivity contribution in [3.63, 3.8) is 0 Å². The third-order valence-electron chi connectivity index (χ3n) is 6.38. The van der Waals surface area contributed by atoms with Crippen molar-refractivity contribution < 1.29 is 14.0 Å². The maximum atomic E-state index is 14.8. The summed E-state index contributed by atoms with van der Waals surface area (Å²) >= 11 is 2.80. The summed E-state index contributed by atoms with van der Waals surface area (Å²) in [4.78, 5) is 47.5. The molecule has 2 amide bonds. The van der Waals surface area contributed by atoms with Gasteiger partial charge >= 0.3 is 0 Å². The van der Waals surface area contributed by atoms with Gasteiger partial charge in [-0.15, -0.1) is 11.3 Å². The van der Waals surface area contributed by atoms with Gasteiger partial charge in [0.25, 0.3) is 5.91 Å². The van der Waals surface area contributed by atoms with Crippen LogP contribution in [0.25, 0.3) is 21.5 Å². The summed E-state index contributed by atoms with van der Waals surface area (Å²) in [6, 6.07) is 5.56. The minimum absolute atomic E-state index is 0.00673. The van der Waals surface area contributed by atoms with Crippen LogP contribution in [0.4, 0.5) is 20.6 Å². The number of nitrogens with zero attached hydrogens (tertiary/aromatic N) is 7. The molecule has 1 aromatic carbocycles. The molecule has 38 heavy (non-hydrogen) atoms. The van der Waals surface area contributed by atoms with Crippen molar-refractivity contribution in [3.8, 4) is 11.3 Å². The third-order valence-corrected chi connectivity index (χ3v) is 8.22. The molecular weight excluding hydrogens is 527 g/mol. The van der Waals surface area contributed by atoms with Crippen molar-refractivity contribution in [3.05, 3.63) is 41.3 Å². The van der Waals surface area contributed by atoms with Gasteiger partial charge in [0, 0.05) is 57.1 Å². The Kier molecular flexibility index (Phi) is 7.47. The molecule has 0 saturated carbocycles. The van der Waals surface area contributed by atoms with Crippen LogP contribution in [0.15, 0.2) is 29.8 Å². The molecule has 0 aliphatic carbocycles. The number of carbonyl (C=O) groups excluding carboxylic acids is 2. The first-order valence-electron chi connectivity index (χ1n) is 12.3. The molecule has 198 valence electrons. The van der Waals surface area contributed by atoms with Gasteiger partial charge in [-0.3, -0.25) is 9.59 Å². The first-order chi connectivity index (χ1) is 18.4. The Bertz CT molecular complexity index is 1480. The topological polar surface area (TPSA) is 107 Å². The lowest BCUT2D eigenvalue weighted by Crippen LogP contribution is -2.50. The average molecular weight is 555 g/mol. The summed E-state index contributed by atoms with van der Waals surface area (Å²) in [7, 11) is 0. The Hall–Kier alpha value is -3.71. The second-order valence-electron chi connectivity index (χ2n) is 8.70. The molecular formula is C25H27FN8O2S2. The molecule has 1 N–H and O–H groups in total. The highest BCUT2D eigenvalue weighted by molar-refractivity contribution is 7.22. The van der Waals surface area contributed by atoms with Crippen molar-refractivity contribution in [1.29, 1.82) is 0 Å². The first-order valence-corrected chi connectivity index (χ1v) is 14.0. The van der Waals surface area contributed by atoms with E-state index >= 15 is 0 Å². The number of halogens is 1. The number of fused-ring (bicyclic) bond motifs is 1. The Labute approximate surface area is 227 Å². The third kappa shape index (κ3) is 5.29. The quantitative estimate of drug-likeness (QED) is 0.362. The second kappa shape index (κ2) is 11.0. The van der Waals surface area contributed by atoms with Crippen LogP contribution in [-0.2, 0) is 4.79 Å². The SMILES string of the molecule is CCN(CC)c1nc2ccc(-c3nc(Nc4nc(C(=O)N5CCN(C(C)=O)CC5)cs4)ncc3F)cc2s1. The fraction of sp³-hybridized carbons (Fsp3) is 0.360. The van der Waals surface area contributed by atoms with Crippen molar-refractivity contribution in [1.82, 2.24) is 29.7 Å². The Morgan fingerprint density at radius 2 is 1.82 bits per heavy atom. The van der Waals surface area contributed by atoms with E-state index in [-0.39, 0.29) is 23.5 Å². The van der Waals surface area contributed by atoms with Crippen LogP contribution >= 0.6 is 22.7 Å². The van der Waals surface area contributed by atoms with Gasteiger partial charge in [0.2, 0.25) is 11.9 Å². The predicted octanol–water partition coefficient (Wildman–Crippen LogP) is 4.24. The van der Waals surface area contributed by atoms with Crippen LogP contribution < -0.4 is 10.2 Å². The van der Waals surface area contributed by atoms with Crippen LogP contribution in [0.1, 0.15) is 31.3 Å². The summed E-state index contributed by atoms with van der Waals surface area (Å²) in [6.45, 7) is 9.36. The van der Waals surface area contributed by atoms with Crippen molar-refractivity contribution >= 4 is 60.9 Å². The lowest BCUT2D eigenvalue weighted by atomic mass is 10.1. The normalized spacial score (nSPS) is 13.7. The van der Waals surface area contributed by atoms with E-state index in [4.69, 9.17) is 4.98 Å². The molecule has 1 fully saturated rings. The minimum atomic E-state index is -0.539. The van der Waals surface area contributed by atoms with Gasteiger partial charge in [-0.2, -0.15) is 0 Å². The van der Waals surface area contributed by atoms with E-state index < -0.39 is 5.82 Å². The Morgan fingerprint density at radius 1 is 1.08 bits per heavy atom. The molecule has 0 atom stereocenters. The summed E-state index contributed by atoms with van der Waals surface area (Å²) in [6.07, 6.45) is 1.12. The highest BCUT2D eigenvalue weighted by Crippen LogP contribution is 2.33. The van der Waals surface area contributed by atoms with E-state index in [1.807, 2.05) is 12.1 Å². The van der Waals surface area contributed by atoms with Crippen molar-refractivity contribution in [2.75, 3.05) is 49.5 Å².